The van der Waals surface area contributed by atoms with Gasteiger partial charge < -0.3 is 0 Å². The molecule has 0 aliphatic heterocycles. The minimum atomic E-state index is 1.16. The molecule has 0 nitrogen and oxygen atoms in total. The molecule has 0 fully saturated rings. The van der Waals surface area contributed by atoms with Gasteiger partial charge in [-0.3, -0.25) is 0 Å². The van der Waals surface area contributed by atoms with Gasteiger partial charge in [0.15, 0.2) is 0 Å². The highest BCUT2D eigenvalue weighted by Crippen LogP contribution is 2.07. The van der Waals surface area contributed by atoms with Crippen LogP contribution in [-0.2, 0) is 0 Å². The average Bonchev–Trinajstić information content (AvgIpc) is 1.41. The smallest absolute Gasteiger partial charge is 0.145 e. The largest absolute Gasteiger partial charge is 0.156 e. The molecular formula is C2H9BP2. The zero-order valence-corrected chi connectivity index (χ0v) is 5.65. The molecule has 0 aromatic carbocycles. The molecule has 0 aliphatic carbocycles. The quantitative estimate of drug-likeness (QED) is 0.362. The Balaban J connectivity index is 2.19. The lowest BCUT2D eigenvalue weighted by Gasteiger charge is -1.78. The molecular weight excluding hydrogens is 96.8 g/mol. The fourth-order valence-corrected chi connectivity index (χ4v) is 1.30. The lowest BCUT2D eigenvalue weighted by molar-refractivity contribution is 2.27. The Bertz CT molecular complexity index is 15.1. The van der Waals surface area contributed by atoms with Gasteiger partial charge in [-0.25, -0.2) is 0 Å². The average molecular weight is 106 g/mol. The third kappa shape index (κ3) is 4.92. The van der Waals surface area contributed by atoms with Crippen LogP contribution in [0.4, 0.5) is 0 Å². The third-order valence-corrected chi connectivity index (χ3v) is 2.05. The predicted molar refractivity (Wildman–Crippen MR) is 35.9 cm³/mol. The number of hydrogen-bond donors (Lipinski definition) is 0. The minimum absolute atomic E-state index is 1.16. The van der Waals surface area contributed by atoms with Crippen LogP contribution in [0.15, 0.2) is 0 Å². The maximum absolute atomic E-state index is 2.71. The van der Waals surface area contributed by atoms with Crippen molar-refractivity contribution in [1.82, 2.24) is 0 Å². The molecule has 0 spiro atoms. The van der Waals surface area contributed by atoms with Crippen LogP contribution in [0.5, 0.6) is 0 Å². The summed E-state index contributed by atoms with van der Waals surface area (Å²) in [5.74, 6) is 1.29. The minimum Gasteiger partial charge on any atom is -0.156 e. The van der Waals surface area contributed by atoms with Crippen molar-refractivity contribution < 1.29 is 0 Å². The van der Waals surface area contributed by atoms with E-state index in [9.17, 15) is 0 Å². The summed E-state index contributed by atoms with van der Waals surface area (Å²) in [5, 5.41) is 0. The van der Waals surface area contributed by atoms with Gasteiger partial charge in [0.1, 0.15) is 7.00 Å². The maximum atomic E-state index is 2.71. The number of hydrogen-bond acceptors (Lipinski definition) is 0. The summed E-state index contributed by atoms with van der Waals surface area (Å²) in [5.41, 5.74) is 0. The summed E-state index contributed by atoms with van der Waals surface area (Å²) >= 11 is 0. The van der Waals surface area contributed by atoms with E-state index in [-0.39, 0.29) is 0 Å². The predicted octanol–water partition coefficient (Wildman–Crippen LogP) is 0.897. The van der Waals surface area contributed by atoms with Crippen LogP contribution in [0, 0.1) is 0 Å². The van der Waals surface area contributed by atoms with Crippen LogP contribution in [0.25, 0.3) is 0 Å². The van der Waals surface area contributed by atoms with Crippen molar-refractivity contribution in [3.63, 3.8) is 0 Å². The van der Waals surface area contributed by atoms with E-state index in [1.807, 2.05) is 0 Å². The van der Waals surface area contributed by atoms with E-state index < -0.39 is 0 Å². The molecule has 0 aromatic rings. The second-order valence-electron chi connectivity index (χ2n) is 0.808. The van der Waals surface area contributed by atoms with Gasteiger partial charge in [0.2, 0.25) is 0 Å². The molecule has 0 rings (SSSR count). The highest BCUT2D eigenvalue weighted by Gasteiger charge is 1.70. The van der Waals surface area contributed by atoms with E-state index >= 15 is 0 Å². The first-order chi connectivity index (χ1) is 2.41. The van der Waals surface area contributed by atoms with Crippen LogP contribution in [0.2, 0.25) is 6.82 Å². The highest BCUT2D eigenvalue weighted by molar-refractivity contribution is 7.74. The van der Waals surface area contributed by atoms with E-state index in [1.54, 1.807) is 0 Å². The van der Waals surface area contributed by atoms with E-state index in [2.05, 4.69) is 16.1 Å². The van der Waals surface area contributed by atoms with Crippen molar-refractivity contribution >= 4 is 24.7 Å². The maximum Gasteiger partial charge on any atom is 0.145 e. The molecule has 2 atom stereocenters. The van der Waals surface area contributed by atoms with Gasteiger partial charge in [-0.2, -0.15) is 8.46 Å². The summed E-state index contributed by atoms with van der Waals surface area (Å²) in [6, 6.07) is 0. The Labute approximate surface area is 38.3 Å². The van der Waals surface area contributed by atoms with E-state index in [1.165, 1.54) is 12.9 Å². The van der Waals surface area contributed by atoms with E-state index in [0.717, 1.165) is 8.46 Å². The molecule has 0 aliphatic rings. The monoisotopic (exact) mass is 106 g/mol. The SMILES string of the molecule is CBPCP. The van der Waals surface area contributed by atoms with Gasteiger partial charge in [-0.05, 0) is 5.90 Å². The van der Waals surface area contributed by atoms with Gasteiger partial charge in [0, 0.05) is 0 Å². The third-order valence-electron chi connectivity index (χ3n) is 0.394. The first-order valence-electron chi connectivity index (χ1n) is 1.82. The molecule has 0 bridgehead atoms. The lowest BCUT2D eigenvalue weighted by Crippen LogP contribution is -1.61. The van der Waals surface area contributed by atoms with Crippen LogP contribution < -0.4 is 0 Å². The topological polar surface area (TPSA) is 0 Å². The molecule has 0 saturated carbocycles. The van der Waals surface area contributed by atoms with Gasteiger partial charge in [-0.1, -0.05) is 6.82 Å². The molecule has 0 heterocycles. The summed E-state index contributed by atoms with van der Waals surface area (Å²) in [4.78, 5) is 0. The zero-order chi connectivity index (χ0) is 4.12. The molecule has 0 amide bonds. The lowest BCUT2D eigenvalue weighted by atomic mass is 10.2. The van der Waals surface area contributed by atoms with Gasteiger partial charge in [0.05, 0.1) is 0 Å². The van der Waals surface area contributed by atoms with Crippen molar-refractivity contribution in [3.05, 3.63) is 0 Å². The summed E-state index contributed by atoms with van der Waals surface area (Å²) in [7, 11) is 3.87. The summed E-state index contributed by atoms with van der Waals surface area (Å²) in [6.45, 7) is 3.56. The second kappa shape index (κ2) is 4.92. The first-order valence-corrected chi connectivity index (χ1v) is 4.05. The Morgan fingerprint density at radius 1 is 2.00 bits per heavy atom. The Morgan fingerprint density at radius 2 is 2.60 bits per heavy atom. The number of rotatable bonds is 2. The van der Waals surface area contributed by atoms with E-state index in [0.29, 0.717) is 0 Å². The Kier molecular flexibility index (Phi) is 5.84. The standard InChI is InChI=1S/C2H9BP2/c1-3-5-2-4/h3,5H,2,4H2,1H3. The van der Waals surface area contributed by atoms with Crippen molar-refractivity contribution in [2.75, 3.05) is 5.90 Å². The Hall–Kier alpha value is 0.925. The Morgan fingerprint density at radius 3 is 2.60 bits per heavy atom. The zero-order valence-electron chi connectivity index (χ0n) is 3.49. The normalized spacial score (nSPS) is 10.0. The van der Waals surface area contributed by atoms with E-state index in [4.69, 9.17) is 0 Å². The molecule has 3 heteroatoms. The van der Waals surface area contributed by atoms with Gasteiger partial charge in [-0.15, -0.1) is 9.24 Å². The molecule has 0 saturated heterocycles. The van der Waals surface area contributed by atoms with Crippen molar-refractivity contribution in [2.45, 2.75) is 6.82 Å². The highest BCUT2D eigenvalue weighted by atomic mass is 31.1. The fraction of sp³-hybridized carbons (Fsp3) is 1.00. The fourth-order valence-electron chi connectivity index (χ4n) is 0.144. The van der Waals surface area contributed by atoms with Crippen molar-refractivity contribution in [3.8, 4) is 0 Å². The van der Waals surface area contributed by atoms with Crippen LogP contribution in [-0.4, -0.2) is 12.9 Å². The van der Waals surface area contributed by atoms with Crippen LogP contribution in [0.1, 0.15) is 0 Å². The van der Waals surface area contributed by atoms with Gasteiger partial charge in [0.25, 0.3) is 0 Å². The molecule has 2 unspecified atom stereocenters. The first kappa shape index (κ1) is 5.92. The van der Waals surface area contributed by atoms with Crippen LogP contribution in [0.3, 0.4) is 0 Å². The van der Waals surface area contributed by atoms with Crippen molar-refractivity contribution in [1.29, 1.82) is 0 Å². The molecule has 0 aromatic heterocycles. The molecule has 5 heavy (non-hydrogen) atoms. The summed E-state index contributed by atoms with van der Waals surface area (Å²) in [6.07, 6.45) is 0. The molecule has 30 valence electrons. The molecule has 0 N–H and O–H groups in total. The van der Waals surface area contributed by atoms with Crippen LogP contribution >= 0.6 is 17.7 Å². The second-order valence-corrected chi connectivity index (χ2v) is 3.65. The molecule has 0 radical (unpaired) electrons. The van der Waals surface area contributed by atoms with Crippen molar-refractivity contribution in [2.24, 2.45) is 0 Å². The summed E-state index contributed by atoms with van der Waals surface area (Å²) < 4.78 is 0. The van der Waals surface area contributed by atoms with Gasteiger partial charge >= 0.3 is 0 Å².